The molecule has 0 rings (SSSR count). The molecule has 0 aliphatic rings. The van der Waals surface area contributed by atoms with Crippen LogP contribution in [0.3, 0.4) is 0 Å². The van der Waals surface area contributed by atoms with Gasteiger partial charge in [-0.25, -0.2) is 0 Å². The fourth-order valence-corrected chi connectivity index (χ4v) is 0. The molecular weight excluding hydrogens is 155 g/mol. The third-order valence-electron chi connectivity index (χ3n) is 0.631. The summed E-state index contributed by atoms with van der Waals surface area (Å²) in [7, 11) is -4.28. The maximum absolute atomic E-state index is 9.96. The zero-order chi connectivity index (χ0) is 7.00. The van der Waals surface area contributed by atoms with Crippen molar-refractivity contribution < 1.29 is 47.6 Å². The van der Waals surface area contributed by atoms with E-state index >= 15 is 0 Å². The predicted molar refractivity (Wildman–Crippen MR) is 27.8 cm³/mol. The predicted octanol–water partition coefficient (Wildman–Crippen LogP) is -3.39. The fourth-order valence-electron chi connectivity index (χ4n) is 0. The van der Waals surface area contributed by atoms with Crippen LogP contribution < -0.4 is 29.6 Å². The zero-order valence-electron chi connectivity index (χ0n) is 5.62. The summed E-state index contributed by atoms with van der Waals surface area (Å²) in [5.74, 6) is 0. The fraction of sp³-hybridized carbons (Fsp3) is 1.00. The molecule has 0 spiro atoms. The molecule has 0 aromatic heterocycles. The van der Waals surface area contributed by atoms with Crippen molar-refractivity contribution in [1.82, 2.24) is 0 Å². The van der Waals surface area contributed by atoms with Gasteiger partial charge in [0.25, 0.3) is 10.1 Å². The Labute approximate surface area is 76.3 Å². The van der Waals surface area contributed by atoms with E-state index in [0.29, 0.717) is 0 Å². The third kappa shape index (κ3) is 4.30. The van der Waals surface area contributed by atoms with Crippen molar-refractivity contribution in [3.8, 4) is 0 Å². The van der Waals surface area contributed by atoms with E-state index in [1.807, 2.05) is 0 Å². The summed E-state index contributed by atoms with van der Waals surface area (Å²) in [5.41, 5.74) is 0. The minimum atomic E-state index is -4.28. The van der Waals surface area contributed by atoms with E-state index < -0.39 is 15.1 Å². The molecule has 0 aliphatic heterocycles. The molecule has 0 heterocycles. The molecule has 50 valence electrons. The molecular formula is C3H8NaO4S+. The molecule has 0 radical (unpaired) electrons. The first kappa shape index (κ1) is 12.5. The molecule has 9 heavy (non-hydrogen) atoms. The summed E-state index contributed by atoms with van der Waals surface area (Å²) in [5, 5.41) is 8.52. The smallest absolute Gasteiger partial charge is 0.373 e. The summed E-state index contributed by atoms with van der Waals surface area (Å²) in [6.07, 6.45) is 0. The third-order valence-corrected chi connectivity index (χ3v) is 1.89. The van der Waals surface area contributed by atoms with E-state index in [4.69, 9.17) is 9.66 Å². The zero-order valence-corrected chi connectivity index (χ0v) is 8.44. The molecule has 0 unspecified atom stereocenters. The monoisotopic (exact) mass is 163 g/mol. The van der Waals surface area contributed by atoms with Crippen LogP contribution in [0.2, 0.25) is 0 Å². The van der Waals surface area contributed by atoms with Gasteiger partial charge in [0, 0.05) is 0 Å². The van der Waals surface area contributed by atoms with Gasteiger partial charge in [-0.3, -0.25) is 4.55 Å². The number of hydrogen-bond donors (Lipinski definition) is 2. The van der Waals surface area contributed by atoms with Crippen LogP contribution in [0, 0.1) is 0 Å². The molecule has 6 heteroatoms. The van der Waals surface area contributed by atoms with Gasteiger partial charge < -0.3 is 5.11 Å². The summed E-state index contributed by atoms with van der Waals surface area (Å²) in [6.45, 7) is 1.98. The van der Waals surface area contributed by atoms with Crippen LogP contribution in [0.15, 0.2) is 0 Å². The van der Waals surface area contributed by atoms with E-state index in [1.54, 1.807) is 0 Å². The van der Waals surface area contributed by atoms with Crippen LogP contribution in [0.1, 0.15) is 13.8 Å². The molecule has 0 aromatic rings. The Hall–Kier alpha value is 0.870. The van der Waals surface area contributed by atoms with Gasteiger partial charge in [-0.05, 0) is 13.8 Å². The van der Waals surface area contributed by atoms with Crippen LogP contribution in [-0.2, 0) is 10.1 Å². The Morgan fingerprint density at radius 2 is 1.44 bits per heavy atom. The number of aliphatic hydroxyl groups is 1. The Balaban J connectivity index is 0. The minimum Gasteiger partial charge on any atom is -0.373 e. The summed E-state index contributed by atoms with van der Waals surface area (Å²) in [6, 6.07) is 0. The molecule has 0 amide bonds. The topological polar surface area (TPSA) is 74.6 Å². The van der Waals surface area contributed by atoms with Crippen molar-refractivity contribution in [2.24, 2.45) is 0 Å². The standard InChI is InChI=1S/C3H8O4S.Na/c1-3(2,4)8(5,6)7;/h4H,1-2H3,(H,5,6,7);/q;+1. The van der Waals surface area contributed by atoms with Crippen molar-refractivity contribution in [3.63, 3.8) is 0 Å². The van der Waals surface area contributed by atoms with Crippen LogP contribution in [0.25, 0.3) is 0 Å². The van der Waals surface area contributed by atoms with Crippen molar-refractivity contribution >= 4 is 10.1 Å². The van der Waals surface area contributed by atoms with Gasteiger partial charge in [0.2, 0.25) is 0 Å². The average molecular weight is 163 g/mol. The summed E-state index contributed by atoms with van der Waals surface area (Å²) < 4.78 is 28.0. The molecule has 0 bridgehead atoms. The first-order valence-electron chi connectivity index (χ1n) is 1.94. The van der Waals surface area contributed by atoms with E-state index in [-0.39, 0.29) is 29.6 Å². The molecule has 0 saturated carbocycles. The summed E-state index contributed by atoms with van der Waals surface area (Å²) in [4.78, 5) is -2.03. The quantitative estimate of drug-likeness (QED) is 0.312. The first-order valence-corrected chi connectivity index (χ1v) is 3.38. The maximum atomic E-state index is 9.96. The maximum Gasteiger partial charge on any atom is 1.00 e. The Bertz CT molecular complexity index is 165. The Morgan fingerprint density at radius 1 is 1.33 bits per heavy atom. The second-order valence-electron chi connectivity index (χ2n) is 1.92. The van der Waals surface area contributed by atoms with E-state index in [2.05, 4.69) is 0 Å². The SMILES string of the molecule is CC(C)(O)S(=O)(=O)O.[Na+]. The van der Waals surface area contributed by atoms with Crippen molar-refractivity contribution in [1.29, 1.82) is 0 Å². The van der Waals surface area contributed by atoms with Crippen molar-refractivity contribution in [3.05, 3.63) is 0 Å². The molecule has 4 nitrogen and oxygen atoms in total. The van der Waals surface area contributed by atoms with E-state index in [0.717, 1.165) is 13.8 Å². The molecule has 2 N–H and O–H groups in total. The van der Waals surface area contributed by atoms with E-state index in [1.165, 1.54) is 0 Å². The van der Waals surface area contributed by atoms with Crippen LogP contribution in [0.5, 0.6) is 0 Å². The normalized spacial score (nSPS) is 12.4. The molecule has 0 aliphatic carbocycles. The molecule has 0 saturated heterocycles. The van der Waals surface area contributed by atoms with Crippen molar-refractivity contribution in [2.45, 2.75) is 18.8 Å². The van der Waals surface area contributed by atoms with Crippen LogP contribution in [-0.4, -0.2) is 23.0 Å². The minimum absolute atomic E-state index is 0. The molecule has 0 aromatic carbocycles. The molecule has 0 fully saturated rings. The van der Waals surface area contributed by atoms with Gasteiger partial charge in [-0.15, -0.1) is 0 Å². The average Bonchev–Trinajstić information content (AvgIpc) is 1.25. The van der Waals surface area contributed by atoms with E-state index in [9.17, 15) is 8.42 Å². The van der Waals surface area contributed by atoms with Gasteiger partial charge in [0.05, 0.1) is 0 Å². The largest absolute Gasteiger partial charge is 1.00 e. The van der Waals surface area contributed by atoms with Gasteiger partial charge in [0.15, 0.2) is 4.93 Å². The van der Waals surface area contributed by atoms with Gasteiger partial charge in [-0.1, -0.05) is 0 Å². The van der Waals surface area contributed by atoms with Gasteiger partial charge >= 0.3 is 29.6 Å². The van der Waals surface area contributed by atoms with Crippen molar-refractivity contribution in [2.75, 3.05) is 0 Å². The first-order chi connectivity index (χ1) is 3.25. The number of rotatable bonds is 1. The van der Waals surface area contributed by atoms with Gasteiger partial charge in [-0.2, -0.15) is 8.42 Å². The van der Waals surface area contributed by atoms with Gasteiger partial charge in [0.1, 0.15) is 0 Å². The van der Waals surface area contributed by atoms with Crippen LogP contribution in [0.4, 0.5) is 0 Å². The van der Waals surface area contributed by atoms with Crippen LogP contribution >= 0.6 is 0 Å². The number of hydrogen-bond acceptors (Lipinski definition) is 3. The Kier molecular flexibility index (Phi) is 4.62. The second kappa shape index (κ2) is 3.32. The second-order valence-corrected chi connectivity index (χ2v) is 3.87. The Morgan fingerprint density at radius 3 is 1.44 bits per heavy atom. The summed E-state index contributed by atoms with van der Waals surface area (Å²) >= 11 is 0. The molecule has 0 atom stereocenters.